The zero-order chi connectivity index (χ0) is 15.7. The maximum atomic E-state index is 12.0. The fourth-order valence-electron chi connectivity index (χ4n) is 1.72. The van der Waals surface area contributed by atoms with Crippen molar-refractivity contribution in [3.63, 3.8) is 0 Å². The van der Waals surface area contributed by atoms with Gasteiger partial charge >= 0.3 is 12.0 Å². The number of urea groups is 1. The Balaban J connectivity index is 2.67. The number of carboxylic acids is 1. The molecule has 0 aliphatic heterocycles. The molecule has 6 heteroatoms. The molecule has 0 atom stereocenters. The Hall–Kier alpha value is -2.81. The fraction of sp³-hybridized carbons (Fsp3) is 0.267. The summed E-state index contributed by atoms with van der Waals surface area (Å²) in [5.41, 5.74) is 1.35. The smallest absolute Gasteiger partial charge is 0.317 e. The molecule has 0 saturated heterocycles. The standard InChI is InChI=1S/C15H17N3O3/c1-2-8-18(15(21)17-7-6-14(19)20)11-13-5-3-4-12(9-13)10-16/h2-5,9H,1,6-8,11H2,(H,17,21)(H,19,20). The second kappa shape index (κ2) is 8.38. The molecule has 1 rings (SSSR count). The summed E-state index contributed by atoms with van der Waals surface area (Å²) >= 11 is 0. The van der Waals surface area contributed by atoms with Crippen molar-refractivity contribution in [1.82, 2.24) is 10.2 Å². The van der Waals surface area contributed by atoms with Gasteiger partial charge in [-0.3, -0.25) is 4.79 Å². The van der Waals surface area contributed by atoms with Crippen LogP contribution < -0.4 is 5.32 Å². The lowest BCUT2D eigenvalue weighted by molar-refractivity contribution is -0.136. The van der Waals surface area contributed by atoms with Gasteiger partial charge in [0.25, 0.3) is 0 Å². The summed E-state index contributed by atoms with van der Waals surface area (Å²) in [7, 11) is 0. The zero-order valence-electron chi connectivity index (χ0n) is 11.6. The normalized spacial score (nSPS) is 9.48. The van der Waals surface area contributed by atoms with E-state index in [2.05, 4.69) is 11.9 Å². The lowest BCUT2D eigenvalue weighted by Gasteiger charge is -2.21. The highest BCUT2D eigenvalue weighted by molar-refractivity contribution is 5.75. The molecule has 0 bridgehead atoms. The average molecular weight is 287 g/mol. The molecule has 6 nitrogen and oxygen atoms in total. The molecule has 0 unspecified atom stereocenters. The molecule has 21 heavy (non-hydrogen) atoms. The number of aliphatic carboxylic acids is 1. The largest absolute Gasteiger partial charge is 0.481 e. The molecule has 0 heterocycles. The first kappa shape index (κ1) is 16.2. The van der Waals surface area contributed by atoms with Crippen molar-refractivity contribution in [2.75, 3.05) is 13.1 Å². The van der Waals surface area contributed by atoms with Crippen molar-refractivity contribution >= 4 is 12.0 Å². The van der Waals surface area contributed by atoms with Crippen molar-refractivity contribution in [3.05, 3.63) is 48.0 Å². The van der Waals surface area contributed by atoms with Crippen LogP contribution in [0.2, 0.25) is 0 Å². The van der Waals surface area contributed by atoms with Gasteiger partial charge in [0.05, 0.1) is 18.1 Å². The third-order valence-electron chi connectivity index (χ3n) is 2.68. The Labute approximate surface area is 123 Å². The van der Waals surface area contributed by atoms with Crippen LogP contribution in [-0.2, 0) is 11.3 Å². The van der Waals surface area contributed by atoms with Gasteiger partial charge in [0.2, 0.25) is 0 Å². The molecule has 1 aromatic rings. The SMILES string of the molecule is C=CCN(Cc1cccc(C#N)c1)C(=O)NCCC(=O)O. The minimum atomic E-state index is -0.965. The van der Waals surface area contributed by atoms with Gasteiger partial charge in [0, 0.05) is 19.6 Å². The van der Waals surface area contributed by atoms with Crippen LogP contribution in [0.15, 0.2) is 36.9 Å². The molecular formula is C15H17N3O3. The minimum absolute atomic E-state index is 0.0695. The Morgan fingerprint density at radius 2 is 2.24 bits per heavy atom. The van der Waals surface area contributed by atoms with Gasteiger partial charge in [0.1, 0.15) is 0 Å². The van der Waals surface area contributed by atoms with Crippen molar-refractivity contribution in [1.29, 1.82) is 5.26 Å². The Morgan fingerprint density at radius 3 is 2.86 bits per heavy atom. The van der Waals surface area contributed by atoms with Crippen LogP contribution in [0.4, 0.5) is 4.79 Å². The number of rotatable bonds is 7. The number of carbonyl (C=O) groups excluding carboxylic acids is 1. The van der Waals surface area contributed by atoms with Gasteiger partial charge in [-0.05, 0) is 17.7 Å². The van der Waals surface area contributed by atoms with E-state index in [1.54, 1.807) is 24.3 Å². The molecule has 0 saturated carbocycles. The third kappa shape index (κ3) is 5.78. The van der Waals surface area contributed by atoms with E-state index in [0.29, 0.717) is 18.7 Å². The van der Waals surface area contributed by atoms with Gasteiger partial charge in [-0.15, -0.1) is 6.58 Å². The highest BCUT2D eigenvalue weighted by Crippen LogP contribution is 2.08. The highest BCUT2D eigenvalue weighted by atomic mass is 16.4. The summed E-state index contributed by atoms with van der Waals surface area (Å²) in [6, 6.07) is 8.65. The van der Waals surface area contributed by atoms with Gasteiger partial charge < -0.3 is 15.3 Å². The first-order valence-electron chi connectivity index (χ1n) is 6.41. The van der Waals surface area contributed by atoms with E-state index >= 15 is 0 Å². The fourth-order valence-corrected chi connectivity index (χ4v) is 1.72. The molecule has 2 amide bonds. The first-order valence-corrected chi connectivity index (χ1v) is 6.41. The quantitative estimate of drug-likeness (QED) is 0.747. The van der Waals surface area contributed by atoms with Gasteiger partial charge in [-0.2, -0.15) is 5.26 Å². The number of amides is 2. The summed E-state index contributed by atoms with van der Waals surface area (Å²) in [6.45, 7) is 4.32. The molecule has 0 aliphatic rings. The lowest BCUT2D eigenvalue weighted by atomic mass is 10.1. The van der Waals surface area contributed by atoms with E-state index in [-0.39, 0.29) is 19.0 Å². The maximum absolute atomic E-state index is 12.0. The lowest BCUT2D eigenvalue weighted by Crippen LogP contribution is -2.40. The van der Waals surface area contributed by atoms with Crippen LogP contribution in [0.25, 0.3) is 0 Å². The molecule has 0 aliphatic carbocycles. The van der Waals surface area contributed by atoms with E-state index in [1.165, 1.54) is 4.90 Å². The van der Waals surface area contributed by atoms with Crippen molar-refractivity contribution in [2.45, 2.75) is 13.0 Å². The highest BCUT2D eigenvalue weighted by Gasteiger charge is 2.12. The van der Waals surface area contributed by atoms with Crippen LogP contribution in [0, 0.1) is 11.3 Å². The predicted molar refractivity (Wildman–Crippen MR) is 77.4 cm³/mol. The van der Waals surface area contributed by atoms with Crippen molar-refractivity contribution < 1.29 is 14.7 Å². The summed E-state index contributed by atoms with van der Waals surface area (Å²) < 4.78 is 0. The molecule has 0 spiro atoms. The Morgan fingerprint density at radius 1 is 1.48 bits per heavy atom. The summed E-state index contributed by atoms with van der Waals surface area (Å²) in [4.78, 5) is 23.9. The van der Waals surface area contributed by atoms with Gasteiger partial charge in [0.15, 0.2) is 0 Å². The number of nitriles is 1. The van der Waals surface area contributed by atoms with E-state index in [4.69, 9.17) is 10.4 Å². The van der Waals surface area contributed by atoms with E-state index in [9.17, 15) is 9.59 Å². The van der Waals surface area contributed by atoms with E-state index in [0.717, 1.165) is 5.56 Å². The predicted octanol–water partition coefficient (Wildman–Crippen LogP) is 1.73. The second-order valence-electron chi connectivity index (χ2n) is 4.36. The topological polar surface area (TPSA) is 93.4 Å². The van der Waals surface area contributed by atoms with E-state index in [1.807, 2.05) is 12.1 Å². The third-order valence-corrected chi connectivity index (χ3v) is 2.68. The van der Waals surface area contributed by atoms with E-state index < -0.39 is 5.97 Å². The second-order valence-corrected chi connectivity index (χ2v) is 4.36. The molecule has 0 aromatic heterocycles. The zero-order valence-corrected chi connectivity index (χ0v) is 11.6. The summed E-state index contributed by atoms with van der Waals surface area (Å²) in [6.07, 6.45) is 1.46. The summed E-state index contributed by atoms with van der Waals surface area (Å²) in [5.74, 6) is -0.965. The first-order chi connectivity index (χ1) is 10.1. The number of carbonyl (C=O) groups is 2. The minimum Gasteiger partial charge on any atom is -0.481 e. The number of hydrogen-bond donors (Lipinski definition) is 2. The summed E-state index contributed by atoms with van der Waals surface area (Å²) in [5, 5.41) is 20.0. The van der Waals surface area contributed by atoms with Gasteiger partial charge in [-0.25, -0.2) is 4.79 Å². The number of hydrogen-bond acceptors (Lipinski definition) is 3. The van der Waals surface area contributed by atoms with Crippen LogP contribution in [0.1, 0.15) is 17.5 Å². The Kier molecular flexibility index (Phi) is 6.48. The monoisotopic (exact) mass is 287 g/mol. The van der Waals surface area contributed by atoms with Gasteiger partial charge in [-0.1, -0.05) is 18.2 Å². The Bertz CT molecular complexity index is 564. The number of nitrogens with one attached hydrogen (secondary N) is 1. The van der Waals surface area contributed by atoms with Crippen LogP contribution in [0.5, 0.6) is 0 Å². The van der Waals surface area contributed by atoms with Crippen LogP contribution in [0.3, 0.4) is 0 Å². The number of carboxylic acid groups (broad SMARTS) is 1. The molecule has 1 aromatic carbocycles. The van der Waals surface area contributed by atoms with Crippen molar-refractivity contribution in [3.8, 4) is 6.07 Å². The molecular weight excluding hydrogens is 270 g/mol. The molecule has 0 radical (unpaired) electrons. The molecule has 2 N–H and O–H groups in total. The molecule has 110 valence electrons. The van der Waals surface area contributed by atoms with Crippen molar-refractivity contribution in [2.24, 2.45) is 0 Å². The average Bonchev–Trinajstić information content (AvgIpc) is 2.46. The number of nitrogens with zero attached hydrogens (tertiary/aromatic N) is 2. The maximum Gasteiger partial charge on any atom is 0.317 e. The van der Waals surface area contributed by atoms with Crippen LogP contribution >= 0.6 is 0 Å². The number of benzene rings is 1. The van der Waals surface area contributed by atoms with Crippen LogP contribution in [-0.4, -0.2) is 35.1 Å². The molecule has 0 fully saturated rings.